The van der Waals surface area contributed by atoms with E-state index in [2.05, 4.69) is 5.32 Å². The van der Waals surface area contributed by atoms with Gasteiger partial charge in [-0.15, -0.1) is 0 Å². The quantitative estimate of drug-likeness (QED) is 0.866. The summed E-state index contributed by atoms with van der Waals surface area (Å²) in [7, 11) is 0. The summed E-state index contributed by atoms with van der Waals surface area (Å²) in [5.74, 6) is -0.144. The number of rotatable bonds is 5. The molecular formula is C18H26N2O3. The minimum atomic E-state index is -0.163. The number of likely N-dealkylation sites (tertiary alicyclic amines) is 1. The highest BCUT2D eigenvalue weighted by atomic mass is 16.3. The van der Waals surface area contributed by atoms with Crippen molar-refractivity contribution in [2.45, 2.75) is 26.7 Å². The van der Waals surface area contributed by atoms with E-state index in [4.69, 9.17) is 5.11 Å². The van der Waals surface area contributed by atoms with Crippen LogP contribution in [0, 0.1) is 18.8 Å². The fraction of sp³-hybridized carbons (Fsp3) is 0.556. The van der Waals surface area contributed by atoms with E-state index in [1.54, 1.807) is 4.90 Å². The number of carbonyl (C=O) groups excluding carboxylic acids is 2. The van der Waals surface area contributed by atoms with E-state index in [1.165, 1.54) is 0 Å². The molecule has 126 valence electrons. The van der Waals surface area contributed by atoms with Gasteiger partial charge in [0, 0.05) is 31.8 Å². The van der Waals surface area contributed by atoms with Gasteiger partial charge in [0.15, 0.2) is 0 Å². The van der Waals surface area contributed by atoms with Crippen LogP contribution in [0.2, 0.25) is 0 Å². The van der Waals surface area contributed by atoms with E-state index in [9.17, 15) is 9.59 Å². The standard InChI is InChI=1S/C18H26N2O3/c1-13-5-7-15(8-6-13)18(23)20-9-3-4-16(11-20)17(22)19-10-14(2)12-21/h5-8,14,16,21H,3-4,9-12H2,1-2H3,(H,19,22)/t14-,16+/m1/s1. The van der Waals surface area contributed by atoms with Crippen molar-refractivity contribution >= 4 is 11.8 Å². The normalized spacial score (nSPS) is 19.3. The Morgan fingerprint density at radius 3 is 2.70 bits per heavy atom. The lowest BCUT2D eigenvalue weighted by Gasteiger charge is -2.32. The molecule has 0 unspecified atom stereocenters. The second kappa shape index (κ2) is 8.11. The monoisotopic (exact) mass is 318 g/mol. The summed E-state index contributed by atoms with van der Waals surface area (Å²) >= 11 is 0. The highest BCUT2D eigenvalue weighted by molar-refractivity contribution is 5.94. The van der Waals surface area contributed by atoms with Gasteiger partial charge in [-0.2, -0.15) is 0 Å². The Balaban J connectivity index is 1.93. The fourth-order valence-corrected chi connectivity index (χ4v) is 2.74. The van der Waals surface area contributed by atoms with Crippen molar-refractivity contribution < 1.29 is 14.7 Å². The molecule has 1 aliphatic heterocycles. The molecule has 1 fully saturated rings. The zero-order valence-corrected chi connectivity index (χ0v) is 13.9. The number of benzene rings is 1. The van der Waals surface area contributed by atoms with E-state index in [1.807, 2.05) is 38.1 Å². The Labute approximate surface area is 137 Å². The average Bonchev–Trinajstić information content (AvgIpc) is 2.59. The molecule has 2 amide bonds. The fourth-order valence-electron chi connectivity index (χ4n) is 2.74. The predicted molar refractivity (Wildman–Crippen MR) is 89.1 cm³/mol. The van der Waals surface area contributed by atoms with Gasteiger partial charge in [-0.05, 0) is 37.8 Å². The number of carbonyl (C=O) groups is 2. The maximum Gasteiger partial charge on any atom is 0.253 e. The molecule has 1 aliphatic rings. The molecule has 5 nitrogen and oxygen atoms in total. The van der Waals surface area contributed by atoms with Gasteiger partial charge in [0.05, 0.1) is 5.92 Å². The maximum atomic E-state index is 12.6. The number of aliphatic hydroxyl groups excluding tert-OH is 1. The van der Waals surface area contributed by atoms with Crippen LogP contribution in [0.4, 0.5) is 0 Å². The largest absolute Gasteiger partial charge is 0.396 e. The molecule has 1 saturated heterocycles. The van der Waals surface area contributed by atoms with Crippen LogP contribution in [-0.4, -0.2) is 48.1 Å². The van der Waals surface area contributed by atoms with E-state index in [-0.39, 0.29) is 30.3 Å². The number of aliphatic hydroxyl groups is 1. The van der Waals surface area contributed by atoms with Crippen molar-refractivity contribution in [2.24, 2.45) is 11.8 Å². The molecule has 2 rings (SSSR count). The van der Waals surface area contributed by atoms with Crippen molar-refractivity contribution in [3.05, 3.63) is 35.4 Å². The summed E-state index contributed by atoms with van der Waals surface area (Å²) < 4.78 is 0. The topological polar surface area (TPSA) is 69.6 Å². The lowest BCUT2D eigenvalue weighted by molar-refractivity contribution is -0.126. The Morgan fingerprint density at radius 2 is 2.04 bits per heavy atom. The predicted octanol–water partition coefficient (Wildman–Crippen LogP) is 1.59. The first-order chi connectivity index (χ1) is 11.0. The number of piperidine rings is 1. The van der Waals surface area contributed by atoms with E-state index < -0.39 is 0 Å². The minimum Gasteiger partial charge on any atom is -0.396 e. The van der Waals surface area contributed by atoms with Gasteiger partial charge in [0.1, 0.15) is 0 Å². The summed E-state index contributed by atoms with van der Waals surface area (Å²) in [5.41, 5.74) is 1.79. The summed E-state index contributed by atoms with van der Waals surface area (Å²) in [4.78, 5) is 26.6. The van der Waals surface area contributed by atoms with Crippen LogP contribution in [0.1, 0.15) is 35.7 Å². The SMILES string of the molecule is Cc1ccc(C(=O)N2CCC[C@H](C(=O)NC[C@@H](C)CO)C2)cc1. The van der Waals surface area contributed by atoms with Gasteiger partial charge in [0.25, 0.3) is 5.91 Å². The maximum absolute atomic E-state index is 12.6. The minimum absolute atomic E-state index is 0.00812. The third-order valence-electron chi connectivity index (χ3n) is 4.31. The van der Waals surface area contributed by atoms with Gasteiger partial charge >= 0.3 is 0 Å². The summed E-state index contributed by atoms with van der Waals surface area (Å²) in [5, 5.41) is 11.9. The van der Waals surface area contributed by atoms with Crippen LogP contribution in [0.5, 0.6) is 0 Å². The van der Waals surface area contributed by atoms with E-state index in [0.29, 0.717) is 25.2 Å². The van der Waals surface area contributed by atoms with Crippen molar-refractivity contribution in [2.75, 3.05) is 26.2 Å². The Bertz CT molecular complexity index is 542. The highest BCUT2D eigenvalue weighted by Gasteiger charge is 2.28. The van der Waals surface area contributed by atoms with Crippen LogP contribution < -0.4 is 5.32 Å². The average molecular weight is 318 g/mol. The molecule has 0 aromatic heterocycles. The molecule has 1 aromatic carbocycles. The van der Waals surface area contributed by atoms with Crippen LogP contribution in [0.25, 0.3) is 0 Å². The summed E-state index contributed by atoms with van der Waals surface area (Å²) in [6, 6.07) is 7.53. The van der Waals surface area contributed by atoms with Crippen LogP contribution in [0.15, 0.2) is 24.3 Å². The summed E-state index contributed by atoms with van der Waals surface area (Å²) in [6.45, 7) is 5.56. The third kappa shape index (κ3) is 4.79. The first-order valence-electron chi connectivity index (χ1n) is 8.25. The molecule has 2 atom stereocenters. The Morgan fingerprint density at radius 1 is 1.35 bits per heavy atom. The Kier molecular flexibility index (Phi) is 6.16. The first-order valence-corrected chi connectivity index (χ1v) is 8.25. The second-order valence-electron chi connectivity index (χ2n) is 6.49. The van der Waals surface area contributed by atoms with Gasteiger partial charge in [-0.25, -0.2) is 0 Å². The smallest absolute Gasteiger partial charge is 0.253 e. The molecular weight excluding hydrogens is 292 g/mol. The number of nitrogens with one attached hydrogen (secondary N) is 1. The molecule has 2 N–H and O–H groups in total. The number of hydrogen-bond donors (Lipinski definition) is 2. The Hall–Kier alpha value is -1.88. The molecule has 5 heteroatoms. The van der Waals surface area contributed by atoms with Crippen molar-refractivity contribution in [3.63, 3.8) is 0 Å². The third-order valence-corrected chi connectivity index (χ3v) is 4.31. The van der Waals surface area contributed by atoms with Gasteiger partial charge in [0.2, 0.25) is 5.91 Å². The lowest BCUT2D eigenvalue weighted by Crippen LogP contribution is -2.46. The zero-order valence-electron chi connectivity index (χ0n) is 13.9. The molecule has 0 bridgehead atoms. The molecule has 0 aliphatic carbocycles. The first kappa shape index (κ1) is 17.5. The molecule has 0 spiro atoms. The molecule has 1 heterocycles. The molecule has 0 radical (unpaired) electrons. The number of nitrogens with zero attached hydrogens (tertiary/aromatic N) is 1. The summed E-state index contributed by atoms with van der Waals surface area (Å²) in [6.07, 6.45) is 1.64. The molecule has 0 saturated carbocycles. The highest BCUT2D eigenvalue weighted by Crippen LogP contribution is 2.19. The number of aryl methyl sites for hydroxylation is 1. The number of hydrogen-bond acceptors (Lipinski definition) is 3. The molecule has 1 aromatic rings. The molecule has 23 heavy (non-hydrogen) atoms. The van der Waals surface area contributed by atoms with Gasteiger partial charge in [-0.1, -0.05) is 24.6 Å². The number of amides is 2. The van der Waals surface area contributed by atoms with Crippen LogP contribution >= 0.6 is 0 Å². The van der Waals surface area contributed by atoms with Gasteiger partial charge < -0.3 is 15.3 Å². The van der Waals surface area contributed by atoms with Gasteiger partial charge in [-0.3, -0.25) is 9.59 Å². The lowest BCUT2D eigenvalue weighted by atomic mass is 9.96. The van der Waals surface area contributed by atoms with Crippen LogP contribution in [-0.2, 0) is 4.79 Å². The van der Waals surface area contributed by atoms with E-state index in [0.717, 1.165) is 18.4 Å². The van der Waals surface area contributed by atoms with Crippen LogP contribution in [0.3, 0.4) is 0 Å². The van der Waals surface area contributed by atoms with E-state index >= 15 is 0 Å². The van der Waals surface area contributed by atoms with Crippen molar-refractivity contribution in [1.29, 1.82) is 0 Å². The van der Waals surface area contributed by atoms with Crippen molar-refractivity contribution in [3.8, 4) is 0 Å². The zero-order chi connectivity index (χ0) is 16.8. The van der Waals surface area contributed by atoms with Crippen molar-refractivity contribution in [1.82, 2.24) is 10.2 Å². The second-order valence-corrected chi connectivity index (χ2v) is 6.49.